The van der Waals surface area contributed by atoms with Gasteiger partial charge in [-0.1, -0.05) is 0 Å². The van der Waals surface area contributed by atoms with E-state index in [4.69, 9.17) is 0 Å². The van der Waals surface area contributed by atoms with Gasteiger partial charge in [0.2, 0.25) is 0 Å². The predicted octanol–water partition coefficient (Wildman–Crippen LogP) is 0.105. The molecule has 0 spiro atoms. The quantitative estimate of drug-likeness (QED) is 0.767. The van der Waals surface area contributed by atoms with Crippen molar-refractivity contribution in [2.75, 3.05) is 37.7 Å². The van der Waals surface area contributed by atoms with E-state index in [9.17, 15) is 8.42 Å². The van der Waals surface area contributed by atoms with E-state index in [0.717, 1.165) is 32.1 Å². The SMILES string of the molecule is CC1CS(=O)(=O)CCN1CCC1CCNC1. The third-order valence-electron chi connectivity index (χ3n) is 3.79. The molecule has 2 fully saturated rings. The maximum Gasteiger partial charge on any atom is 0.153 e. The Balaban J connectivity index is 1.77. The molecule has 2 aliphatic rings. The van der Waals surface area contributed by atoms with Gasteiger partial charge in [-0.3, -0.25) is 4.90 Å². The summed E-state index contributed by atoms with van der Waals surface area (Å²) in [5.74, 6) is 1.49. The minimum atomic E-state index is -2.76. The second-order valence-electron chi connectivity index (χ2n) is 5.15. The van der Waals surface area contributed by atoms with Gasteiger partial charge in [-0.15, -0.1) is 0 Å². The largest absolute Gasteiger partial charge is 0.316 e. The van der Waals surface area contributed by atoms with Crippen LogP contribution >= 0.6 is 0 Å². The maximum absolute atomic E-state index is 11.4. The van der Waals surface area contributed by atoms with Gasteiger partial charge in [0.1, 0.15) is 0 Å². The second kappa shape index (κ2) is 5.02. The first-order valence-corrected chi connectivity index (χ1v) is 8.04. The highest BCUT2D eigenvalue weighted by atomic mass is 32.2. The van der Waals surface area contributed by atoms with Gasteiger partial charge in [0.15, 0.2) is 9.84 Å². The average Bonchev–Trinajstić information content (AvgIpc) is 2.68. The number of sulfone groups is 1. The Morgan fingerprint density at radius 1 is 1.44 bits per heavy atom. The molecule has 94 valence electrons. The first kappa shape index (κ1) is 12.3. The van der Waals surface area contributed by atoms with E-state index < -0.39 is 9.84 Å². The molecular formula is C11H22N2O2S. The summed E-state index contributed by atoms with van der Waals surface area (Å²) in [4.78, 5) is 2.33. The smallest absolute Gasteiger partial charge is 0.153 e. The monoisotopic (exact) mass is 246 g/mol. The standard InChI is InChI=1S/C11H22N2O2S/c1-10-9-16(14,15)7-6-13(10)5-3-11-2-4-12-8-11/h10-12H,2-9H2,1H3. The number of rotatable bonds is 3. The molecule has 0 aromatic heterocycles. The van der Waals surface area contributed by atoms with Crippen LogP contribution in [0.5, 0.6) is 0 Å². The third-order valence-corrected chi connectivity index (χ3v) is 5.59. The van der Waals surface area contributed by atoms with E-state index in [1.807, 2.05) is 6.92 Å². The van der Waals surface area contributed by atoms with Crippen molar-refractivity contribution in [3.8, 4) is 0 Å². The molecule has 0 aromatic carbocycles. The van der Waals surface area contributed by atoms with Crippen LogP contribution < -0.4 is 5.32 Å². The Morgan fingerprint density at radius 3 is 2.88 bits per heavy atom. The summed E-state index contributed by atoms with van der Waals surface area (Å²) in [5, 5.41) is 3.37. The molecule has 2 atom stereocenters. The number of nitrogens with one attached hydrogen (secondary N) is 1. The fourth-order valence-electron chi connectivity index (χ4n) is 2.67. The van der Waals surface area contributed by atoms with E-state index in [-0.39, 0.29) is 6.04 Å². The Kier molecular flexibility index (Phi) is 3.87. The molecule has 0 aliphatic carbocycles. The molecule has 2 unspecified atom stereocenters. The molecule has 0 saturated carbocycles. The van der Waals surface area contributed by atoms with Gasteiger partial charge >= 0.3 is 0 Å². The molecule has 16 heavy (non-hydrogen) atoms. The molecule has 5 heteroatoms. The van der Waals surface area contributed by atoms with Gasteiger partial charge in [0.25, 0.3) is 0 Å². The minimum Gasteiger partial charge on any atom is -0.316 e. The molecule has 1 N–H and O–H groups in total. The van der Waals surface area contributed by atoms with Crippen LogP contribution in [0.4, 0.5) is 0 Å². The lowest BCUT2D eigenvalue weighted by Crippen LogP contribution is -2.47. The Morgan fingerprint density at radius 2 is 2.25 bits per heavy atom. The van der Waals surface area contributed by atoms with E-state index >= 15 is 0 Å². The van der Waals surface area contributed by atoms with Crippen molar-refractivity contribution in [3.05, 3.63) is 0 Å². The molecule has 0 amide bonds. The van der Waals surface area contributed by atoms with E-state index in [0.29, 0.717) is 11.5 Å². The van der Waals surface area contributed by atoms with Gasteiger partial charge in [-0.2, -0.15) is 0 Å². The van der Waals surface area contributed by atoms with Gasteiger partial charge < -0.3 is 5.32 Å². The van der Waals surface area contributed by atoms with Gasteiger partial charge in [-0.25, -0.2) is 8.42 Å². The molecule has 2 heterocycles. The zero-order valence-electron chi connectivity index (χ0n) is 9.98. The lowest BCUT2D eigenvalue weighted by atomic mass is 10.0. The number of nitrogens with zero attached hydrogens (tertiary/aromatic N) is 1. The molecule has 2 rings (SSSR count). The number of hydrogen-bond acceptors (Lipinski definition) is 4. The fourth-order valence-corrected chi connectivity index (χ4v) is 4.30. The molecular weight excluding hydrogens is 224 g/mol. The van der Waals surface area contributed by atoms with E-state index in [1.165, 1.54) is 12.8 Å². The van der Waals surface area contributed by atoms with Gasteiger partial charge in [0.05, 0.1) is 11.5 Å². The predicted molar refractivity (Wildman–Crippen MR) is 65.3 cm³/mol. The summed E-state index contributed by atoms with van der Waals surface area (Å²) >= 11 is 0. The van der Waals surface area contributed by atoms with Crippen LogP contribution in [-0.2, 0) is 9.84 Å². The molecule has 0 bridgehead atoms. The van der Waals surface area contributed by atoms with Crippen LogP contribution in [0, 0.1) is 5.92 Å². The first-order valence-electron chi connectivity index (χ1n) is 6.22. The molecule has 2 aliphatic heterocycles. The zero-order valence-corrected chi connectivity index (χ0v) is 10.8. The second-order valence-corrected chi connectivity index (χ2v) is 7.38. The van der Waals surface area contributed by atoms with Crippen LogP contribution in [-0.4, -0.2) is 57.0 Å². The molecule has 2 saturated heterocycles. The highest BCUT2D eigenvalue weighted by molar-refractivity contribution is 7.91. The van der Waals surface area contributed by atoms with Crippen LogP contribution in [0.25, 0.3) is 0 Å². The van der Waals surface area contributed by atoms with Crippen molar-refractivity contribution in [2.24, 2.45) is 5.92 Å². The van der Waals surface area contributed by atoms with Crippen LogP contribution in [0.1, 0.15) is 19.8 Å². The van der Waals surface area contributed by atoms with Crippen molar-refractivity contribution < 1.29 is 8.42 Å². The van der Waals surface area contributed by atoms with Crippen molar-refractivity contribution in [1.82, 2.24) is 10.2 Å². The zero-order chi connectivity index (χ0) is 11.6. The summed E-state index contributed by atoms with van der Waals surface area (Å²) in [6, 6.07) is 0.202. The first-order chi connectivity index (χ1) is 7.57. The summed E-state index contributed by atoms with van der Waals surface area (Å²) in [6.45, 7) is 6.10. The van der Waals surface area contributed by atoms with Crippen LogP contribution in [0.3, 0.4) is 0 Å². The topological polar surface area (TPSA) is 49.4 Å². The molecule has 0 radical (unpaired) electrons. The average molecular weight is 246 g/mol. The third kappa shape index (κ3) is 3.18. The molecule has 4 nitrogen and oxygen atoms in total. The van der Waals surface area contributed by atoms with Gasteiger partial charge in [-0.05, 0) is 45.3 Å². The lowest BCUT2D eigenvalue weighted by Gasteiger charge is -2.33. The van der Waals surface area contributed by atoms with Crippen LogP contribution in [0.2, 0.25) is 0 Å². The molecule has 0 aromatic rings. The summed E-state index contributed by atoms with van der Waals surface area (Å²) in [7, 11) is -2.76. The van der Waals surface area contributed by atoms with Crippen molar-refractivity contribution in [1.29, 1.82) is 0 Å². The summed E-state index contributed by atoms with van der Waals surface area (Å²) in [6.07, 6.45) is 2.48. The van der Waals surface area contributed by atoms with Gasteiger partial charge in [0, 0.05) is 12.6 Å². The van der Waals surface area contributed by atoms with Crippen molar-refractivity contribution in [2.45, 2.75) is 25.8 Å². The Bertz CT molecular complexity index is 323. The minimum absolute atomic E-state index is 0.202. The summed E-state index contributed by atoms with van der Waals surface area (Å²) < 4.78 is 22.9. The highest BCUT2D eigenvalue weighted by Gasteiger charge is 2.28. The maximum atomic E-state index is 11.4. The Labute approximate surface area is 98.3 Å². The highest BCUT2D eigenvalue weighted by Crippen LogP contribution is 2.16. The summed E-state index contributed by atoms with van der Waals surface area (Å²) in [5.41, 5.74) is 0. The van der Waals surface area contributed by atoms with E-state index in [2.05, 4.69) is 10.2 Å². The Hall–Kier alpha value is -0.130. The van der Waals surface area contributed by atoms with Crippen LogP contribution in [0.15, 0.2) is 0 Å². The van der Waals surface area contributed by atoms with E-state index in [1.54, 1.807) is 0 Å². The van der Waals surface area contributed by atoms with Crippen molar-refractivity contribution in [3.63, 3.8) is 0 Å². The lowest BCUT2D eigenvalue weighted by molar-refractivity contribution is 0.212. The number of hydrogen-bond donors (Lipinski definition) is 1. The fraction of sp³-hybridized carbons (Fsp3) is 1.00. The van der Waals surface area contributed by atoms with Crippen molar-refractivity contribution >= 4 is 9.84 Å². The normalized spacial score (nSPS) is 35.3.